The number of nitro groups is 1. The summed E-state index contributed by atoms with van der Waals surface area (Å²) >= 11 is 0. The molecule has 2 aromatic rings. The van der Waals surface area contributed by atoms with Crippen molar-refractivity contribution in [2.75, 3.05) is 24.7 Å². The van der Waals surface area contributed by atoms with Crippen molar-refractivity contribution in [3.05, 3.63) is 57.1 Å². The molecule has 10 nitrogen and oxygen atoms in total. The number of benzene rings is 2. The third-order valence-electron chi connectivity index (χ3n) is 5.02. The van der Waals surface area contributed by atoms with Gasteiger partial charge in [0.15, 0.2) is 9.84 Å². The summed E-state index contributed by atoms with van der Waals surface area (Å²) in [4.78, 5) is 22.9. The van der Waals surface area contributed by atoms with Gasteiger partial charge >= 0.3 is 0 Å². The zero-order valence-electron chi connectivity index (χ0n) is 18.4. The molecule has 0 bridgehead atoms. The molecule has 1 N–H and O–H groups in total. The van der Waals surface area contributed by atoms with Gasteiger partial charge in [-0.2, -0.15) is 4.31 Å². The van der Waals surface area contributed by atoms with Crippen molar-refractivity contribution in [3.63, 3.8) is 0 Å². The molecule has 0 aliphatic rings. The van der Waals surface area contributed by atoms with Gasteiger partial charge in [-0.05, 0) is 43.2 Å². The van der Waals surface area contributed by atoms with Crippen molar-refractivity contribution >= 4 is 37.1 Å². The molecule has 0 saturated heterocycles. The fourth-order valence-corrected chi connectivity index (χ4v) is 5.29. The third-order valence-corrected chi connectivity index (χ3v) is 8.14. The normalized spacial score (nSPS) is 12.1. The van der Waals surface area contributed by atoms with Crippen LogP contribution in [0.4, 0.5) is 11.4 Å². The third kappa shape index (κ3) is 5.31. The van der Waals surface area contributed by atoms with E-state index in [0.29, 0.717) is 11.1 Å². The number of amides is 1. The van der Waals surface area contributed by atoms with E-state index in [-0.39, 0.29) is 34.1 Å². The number of aryl methyl sites for hydroxylation is 1. The van der Waals surface area contributed by atoms with Crippen LogP contribution in [0.1, 0.15) is 35.3 Å². The molecule has 0 aliphatic carbocycles. The first-order chi connectivity index (χ1) is 14.7. The van der Waals surface area contributed by atoms with Gasteiger partial charge in [-0.1, -0.05) is 13.8 Å². The molecule has 2 aromatic carbocycles. The second-order valence-electron chi connectivity index (χ2n) is 7.20. The molecular weight excluding hydrogens is 458 g/mol. The summed E-state index contributed by atoms with van der Waals surface area (Å²) in [6, 6.07) is 5.70. The van der Waals surface area contributed by atoms with Crippen LogP contribution in [0, 0.1) is 24.0 Å². The summed E-state index contributed by atoms with van der Waals surface area (Å²) in [7, 11) is -7.61. The van der Waals surface area contributed by atoms with Gasteiger partial charge in [0, 0.05) is 42.7 Å². The maximum absolute atomic E-state index is 12.9. The molecule has 174 valence electrons. The Bertz CT molecular complexity index is 1280. The Balaban J connectivity index is 2.56. The number of carbonyl (C=O) groups is 1. The highest BCUT2D eigenvalue weighted by Gasteiger charge is 2.24. The molecule has 12 heteroatoms. The summed E-state index contributed by atoms with van der Waals surface area (Å²) < 4.78 is 50.9. The van der Waals surface area contributed by atoms with Gasteiger partial charge in [0.25, 0.3) is 11.6 Å². The Morgan fingerprint density at radius 2 is 1.59 bits per heavy atom. The standard InChI is InChI=1S/C20H25N3O7S2/c1-6-22(7-2)32(29,30)18-8-13(3)14(4)19(12-18)21-20(24)15-9-16(23(25)26)11-17(10-15)31(5,27)28/h8-12H,6-7H2,1-5H3,(H,21,24). The molecule has 0 radical (unpaired) electrons. The molecule has 0 aromatic heterocycles. The predicted molar refractivity (Wildman–Crippen MR) is 120 cm³/mol. The van der Waals surface area contributed by atoms with E-state index in [4.69, 9.17) is 0 Å². The van der Waals surface area contributed by atoms with Crippen LogP contribution in [0.15, 0.2) is 40.1 Å². The average Bonchev–Trinajstić information content (AvgIpc) is 2.70. The Labute approximate surface area is 187 Å². The maximum Gasteiger partial charge on any atom is 0.271 e. The summed E-state index contributed by atoms with van der Waals surface area (Å²) in [5.74, 6) is -0.807. The fraction of sp³-hybridized carbons (Fsp3) is 0.350. The second-order valence-corrected chi connectivity index (χ2v) is 11.2. The molecule has 32 heavy (non-hydrogen) atoms. The van der Waals surface area contributed by atoms with Crippen molar-refractivity contribution in [2.45, 2.75) is 37.5 Å². The lowest BCUT2D eigenvalue weighted by Gasteiger charge is -2.20. The van der Waals surface area contributed by atoms with E-state index >= 15 is 0 Å². The monoisotopic (exact) mass is 483 g/mol. The van der Waals surface area contributed by atoms with E-state index < -0.39 is 36.4 Å². The van der Waals surface area contributed by atoms with Crippen LogP contribution in [0.5, 0.6) is 0 Å². The van der Waals surface area contributed by atoms with E-state index in [1.807, 2.05) is 0 Å². The maximum atomic E-state index is 12.9. The topological polar surface area (TPSA) is 144 Å². The highest BCUT2D eigenvalue weighted by Crippen LogP contribution is 2.28. The molecule has 0 fully saturated rings. The largest absolute Gasteiger partial charge is 0.322 e. The van der Waals surface area contributed by atoms with E-state index in [2.05, 4.69) is 5.32 Å². The number of non-ortho nitro benzene ring substituents is 1. The van der Waals surface area contributed by atoms with Gasteiger partial charge in [0.05, 0.1) is 14.7 Å². The van der Waals surface area contributed by atoms with Crippen LogP contribution in [-0.4, -0.2) is 51.3 Å². The second kappa shape index (κ2) is 9.35. The average molecular weight is 484 g/mol. The number of nitro benzene ring substituents is 1. The van der Waals surface area contributed by atoms with Gasteiger partial charge in [0.2, 0.25) is 10.0 Å². The zero-order chi connectivity index (χ0) is 24.4. The molecule has 0 aliphatic heterocycles. The van der Waals surface area contributed by atoms with Crippen molar-refractivity contribution < 1.29 is 26.6 Å². The van der Waals surface area contributed by atoms with E-state index in [0.717, 1.165) is 24.5 Å². The van der Waals surface area contributed by atoms with Gasteiger partial charge in [0.1, 0.15) is 0 Å². The Hall–Kier alpha value is -2.83. The van der Waals surface area contributed by atoms with Crippen LogP contribution in [0.3, 0.4) is 0 Å². The number of nitrogens with zero attached hydrogens (tertiary/aromatic N) is 2. The van der Waals surface area contributed by atoms with Crippen molar-refractivity contribution in [3.8, 4) is 0 Å². The van der Waals surface area contributed by atoms with Crippen molar-refractivity contribution in [2.24, 2.45) is 0 Å². The minimum atomic E-state index is -3.81. The first kappa shape index (κ1) is 25.4. The number of sulfone groups is 1. The van der Waals surface area contributed by atoms with E-state index in [9.17, 15) is 31.7 Å². The smallest absolute Gasteiger partial charge is 0.271 e. The number of rotatable bonds is 8. The summed E-state index contributed by atoms with van der Waals surface area (Å²) in [5.41, 5.74) is 0.626. The van der Waals surface area contributed by atoms with Crippen molar-refractivity contribution in [1.82, 2.24) is 4.31 Å². The molecule has 1 amide bonds. The number of anilines is 1. The molecular formula is C20H25N3O7S2. The summed E-state index contributed by atoms with van der Waals surface area (Å²) in [6.45, 7) is 7.36. The Kier molecular flexibility index (Phi) is 7.43. The van der Waals surface area contributed by atoms with E-state index in [1.165, 1.54) is 16.4 Å². The lowest BCUT2D eigenvalue weighted by atomic mass is 10.1. The summed E-state index contributed by atoms with van der Waals surface area (Å²) in [6.07, 6.45) is 0.878. The number of sulfonamides is 1. The molecule has 2 rings (SSSR count). The minimum Gasteiger partial charge on any atom is -0.322 e. The van der Waals surface area contributed by atoms with Crippen LogP contribution in [0.25, 0.3) is 0 Å². The number of nitrogens with one attached hydrogen (secondary N) is 1. The Morgan fingerprint density at radius 3 is 2.09 bits per heavy atom. The molecule has 0 spiro atoms. The van der Waals surface area contributed by atoms with Crippen LogP contribution >= 0.6 is 0 Å². The Morgan fingerprint density at radius 1 is 1.00 bits per heavy atom. The van der Waals surface area contributed by atoms with Crippen LogP contribution in [-0.2, 0) is 19.9 Å². The zero-order valence-corrected chi connectivity index (χ0v) is 20.0. The lowest BCUT2D eigenvalue weighted by molar-refractivity contribution is -0.385. The van der Waals surface area contributed by atoms with Crippen LogP contribution in [0.2, 0.25) is 0 Å². The fourth-order valence-electron chi connectivity index (χ4n) is 3.05. The first-order valence-electron chi connectivity index (χ1n) is 9.64. The quantitative estimate of drug-likeness (QED) is 0.449. The number of carbonyl (C=O) groups excluding carboxylic acids is 1. The predicted octanol–water partition coefficient (Wildman–Crippen LogP) is 2.90. The first-order valence-corrected chi connectivity index (χ1v) is 13.0. The number of hydrogen-bond donors (Lipinski definition) is 1. The minimum absolute atomic E-state index is 0.00420. The van der Waals surface area contributed by atoms with Crippen molar-refractivity contribution in [1.29, 1.82) is 0 Å². The summed E-state index contributed by atoms with van der Waals surface area (Å²) in [5, 5.41) is 13.8. The van der Waals surface area contributed by atoms with Crippen LogP contribution < -0.4 is 5.32 Å². The highest BCUT2D eigenvalue weighted by atomic mass is 32.2. The lowest BCUT2D eigenvalue weighted by Crippen LogP contribution is -2.30. The molecule has 0 heterocycles. The number of hydrogen-bond acceptors (Lipinski definition) is 7. The molecule has 0 saturated carbocycles. The van der Waals surface area contributed by atoms with E-state index in [1.54, 1.807) is 27.7 Å². The van der Waals surface area contributed by atoms with Gasteiger partial charge in [-0.25, -0.2) is 16.8 Å². The SMILES string of the molecule is CCN(CC)S(=O)(=O)c1cc(C)c(C)c(NC(=O)c2cc([N+](=O)[O-])cc(S(C)(=O)=O)c2)c1. The highest BCUT2D eigenvalue weighted by molar-refractivity contribution is 7.90. The molecule has 0 unspecified atom stereocenters. The van der Waals surface area contributed by atoms with Gasteiger partial charge < -0.3 is 5.32 Å². The molecule has 0 atom stereocenters. The van der Waals surface area contributed by atoms with Gasteiger partial charge in [-0.3, -0.25) is 14.9 Å². The van der Waals surface area contributed by atoms with Gasteiger partial charge in [-0.15, -0.1) is 0 Å².